The molecular formula is C44H48ClN9O5. The van der Waals surface area contributed by atoms with Crippen molar-refractivity contribution in [2.75, 3.05) is 49.1 Å². The first kappa shape index (κ1) is 39.9. The number of anilines is 2. The summed E-state index contributed by atoms with van der Waals surface area (Å²) in [6, 6.07) is 19.6. The van der Waals surface area contributed by atoms with E-state index in [9.17, 15) is 24.4 Å². The van der Waals surface area contributed by atoms with Gasteiger partial charge in [0.15, 0.2) is 0 Å². The third-order valence-corrected chi connectivity index (χ3v) is 12.9. The van der Waals surface area contributed by atoms with Gasteiger partial charge in [-0.1, -0.05) is 50.1 Å². The highest BCUT2D eigenvalue weighted by Crippen LogP contribution is 2.55. The molecule has 1 aliphatic carbocycles. The Morgan fingerprint density at radius 2 is 1.58 bits per heavy atom. The number of carbonyl (C=O) groups is 3. The number of piperazine rings is 1. The summed E-state index contributed by atoms with van der Waals surface area (Å²) in [6.07, 6.45) is 4.31. The molecule has 3 amide bonds. The van der Waals surface area contributed by atoms with Crippen molar-refractivity contribution in [3.63, 3.8) is 0 Å². The number of fused-ring (bicyclic) bond motifs is 1. The first-order valence-electron chi connectivity index (χ1n) is 20.2. The number of aromatic nitrogens is 3. The zero-order chi connectivity index (χ0) is 41.6. The van der Waals surface area contributed by atoms with Gasteiger partial charge in [0.2, 0.25) is 5.91 Å². The van der Waals surface area contributed by atoms with Crippen LogP contribution in [0, 0.1) is 22.2 Å². The average Bonchev–Trinajstić information content (AvgIpc) is 3.23. The molecule has 1 saturated carbocycles. The number of carbonyl (C=O) groups excluding carboxylic acids is 3. The molecule has 4 heterocycles. The maximum Gasteiger partial charge on any atom is 0.278 e. The summed E-state index contributed by atoms with van der Waals surface area (Å²) < 4.78 is 7.48. The van der Waals surface area contributed by atoms with E-state index in [4.69, 9.17) is 16.3 Å². The predicted molar refractivity (Wildman–Crippen MR) is 224 cm³/mol. The van der Waals surface area contributed by atoms with E-state index in [-0.39, 0.29) is 47.6 Å². The molecule has 2 N–H and O–H groups in total. The Morgan fingerprint density at radius 1 is 0.898 bits per heavy atom. The van der Waals surface area contributed by atoms with Gasteiger partial charge >= 0.3 is 0 Å². The Kier molecular flexibility index (Phi) is 10.6. The van der Waals surface area contributed by atoms with Gasteiger partial charge in [0.1, 0.15) is 29.5 Å². The summed E-state index contributed by atoms with van der Waals surface area (Å²) in [5.74, 6) is -0.403. The van der Waals surface area contributed by atoms with Crippen molar-refractivity contribution in [2.24, 2.45) is 10.8 Å². The molecule has 4 aromatic rings. The number of nitriles is 1. The molecule has 0 bridgehead atoms. The normalized spacial score (nSPS) is 22.6. The summed E-state index contributed by atoms with van der Waals surface area (Å²) >= 11 is 6.25. The van der Waals surface area contributed by atoms with Crippen molar-refractivity contribution < 1.29 is 19.1 Å². The smallest absolute Gasteiger partial charge is 0.278 e. The monoisotopic (exact) mass is 817 g/mol. The van der Waals surface area contributed by atoms with Gasteiger partial charge in [-0.05, 0) is 80.1 Å². The number of hydrogen-bond acceptors (Lipinski definition) is 11. The average molecular weight is 818 g/mol. The van der Waals surface area contributed by atoms with E-state index in [1.807, 2.05) is 36.4 Å². The van der Waals surface area contributed by atoms with E-state index < -0.39 is 17.5 Å². The van der Waals surface area contributed by atoms with Gasteiger partial charge in [0, 0.05) is 85.6 Å². The van der Waals surface area contributed by atoms with E-state index in [2.05, 4.69) is 75.6 Å². The van der Waals surface area contributed by atoms with E-state index in [1.54, 1.807) is 24.3 Å². The molecule has 306 valence electrons. The fourth-order valence-corrected chi connectivity index (χ4v) is 9.75. The molecule has 4 aliphatic rings. The predicted octanol–water partition coefficient (Wildman–Crippen LogP) is 5.21. The Bertz CT molecular complexity index is 2420. The van der Waals surface area contributed by atoms with E-state index in [0.717, 1.165) is 68.2 Å². The van der Waals surface area contributed by atoms with Crippen LogP contribution in [0.2, 0.25) is 5.02 Å². The number of piperidine rings is 2. The quantitative estimate of drug-likeness (QED) is 0.224. The molecule has 3 aromatic carbocycles. The lowest BCUT2D eigenvalue weighted by Gasteiger charge is -2.63. The van der Waals surface area contributed by atoms with Crippen LogP contribution >= 0.6 is 11.6 Å². The molecule has 1 aromatic heterocycles. The van der Waals surface area contributed by atoms with Crippen molar-refractivity contribution in [1.82, 2.24) is 30.5 Å². The highest BCUT2D eigenvalue weighted by molar-refractivity contribution is 6.31. The van der Waals surface area contributed by atoms with Crippen molar-refractivity contribution >= 4 is 51.6 Å². The lowest BCUT2D eigenvalue weighted by molar-refractivity contribution is -0.164. The molecule has 14 nitrogen and oxygen atoms in total. The Balaban J connectivity index is 0.822. The zero-order valence-corrected chi connectivity index (χ0v) is 34.5. The molecule has 4 fully saturated rings. The number of halogens is 1. The van der Waals surface area contributed by atoms with Crippen LogP contribution in [0.4, 0.5) is 11.4 Å². The van der Waals surface area contributed by atoms with Crippen LogP contribution in [-0.4, -0.2) is 89.0 Å². The Labute approximate surface area is 347 Å². The zero-order valence-electron chi connectivity index (χ0n) is 33.7. The molecule has 3 aliphatic heterocycles. The van der Waals surface area contributed by atoms with Crippen LogP contribution in [0.15, 0.2) is 77.2 Å². The number of rotatable bonds is 8. The van der Waals surface area contributed by atoms with Crippen molar-refractivity contribution in [2.45, 2.75) is 71.6 Å². The fraction of sp³-hybridized carbons (Fsp3) is 0.432. The van der Waals surface area contributed by atoms with Crippen LogP contribution < -0.4 is 30.7 Å². The number of nitrogens with one attached hydrogen (secondary N) is 2. The van der Waals surface area contributed by atoms with Crippen LogP contribution in [0.1, 0.15) is 75.3 Å². The van der Waals surface area contributed by atoms with Crippen LogP contribution in [-0.2, 0) is 9.59 Å². The molecule has 0 spiro atoms. The van der Waals surface area contributed by atoms with Gasteiger partial charge in [-0.15, -0.1) is 5.10 Å². The van der Waals surface area contributed by atoms with Crippen molar-refractivity contribution in [3.05, 3.63) is 98.9 Å². The van der Waals surface area contributed by atoms with Gasteiger partial charge in [-0.3, -0.25) is 24.5 Å². The summed E-state index contributed by atoms with van der Waals surface area (Å²) in [6.45, 7) is 13.5. The number of benzene rings is 3. The van der Waals surface area contributed by atoms with Gasteiger partial charge < -0.3 is 24.8 Å². The van der Waals surface area contributed by atoms with Gasteiger partial charge in [-0.25, -0.2) is 0 Å². The minimum absolute atomic E-state index is 0.118. The minimum Gasteiger partial charge on any atom is -0.489 e. The maximum absolute atomic E-state index is 13.5. The first-order chi connectivity index (χ1) is 28.2. The van der Waals surface area contributed by atoms with Crippen LogP contribution in [0.5, 0.6) is 5.75 Å². The summed E-state index contributed by atoms with van der Waals surface area (Å²) in [4.78, 5) is 58.0. The summed E-state index contributed by atoms with van der Waals surface area (Å²) in [5, 5.41) is 23.7. The van der Waals surface area contributed by atoms with Crippen LogP contribution in [0.25, 0.3) is 10.9 Å². The Hall–Kier alpha value is -5.94. The molecule has 3 saturated heterocycles. The molecule has 1 atom stereocenters. The van der Waals surface area contributed by atoms with Crippen molar-refractivity contribution in [1.29, 1.82) is 5.26 Å². The van der Waals surface area contributed by atoms with Crippen LogP contribution in [0.3, 0.4) is 0 Å². The Morgan fingerprint density at radius 3 is 2.24 bits per heavy atom. The van der Waals surface area contributed by atoms with Crippen molar-refractivity contribution in [3.8, 4) is 11.8 Å². The van der Waals surface area contributed by atoms with E-state index in [1.165, 1.54) is 5.57 Å². The largest absolute Gasteiger partial charge is 0.489 e. The van der Waals surface area contributed by atoms with Gasteiger partial charge in [0.05, 0.1) is 16.0 Å². The summed E-state index contributed by atoms with van der Waals surface area (Å²) in [7, 11) is 0. The highest BCUT2D eigenvalue weighted by Gasteiger charge is 2.64. The van der Waals surface area contributed by atoms with E-state index in [0.29, 0.717) is 32.8 Å². The molecule has 0 radical (unpaired) electrons. The standard InChI is InChI=1S/C44H48ClN9O5/c1-43(2)41(44(3,4)42(43)59-32-11-7-29(25-46)34(45)24-32)48-38(56)28-5-8-30(9-6-28)53-21-19-51(20-22-53)26-27-15-17-52(18-16-27)31-10-12-35-33(23-31)40(58)54(50-49-35)36-13-14-37(55)47-39(36)57/h5-12,23-24,26,36,41-42H,13-22H2,1-4H3,(H,48,56)(H,47,55,57)/t36?,41-,42-. The van der Waals surface area contributed by atoms with E-state index >= 15 is 0 Å². The number of nitrogens with zero attached hydrogens (tertiary/aromatic N) is 7. The van der Waals surface area contributed by atoms with Gasteiger partial charge in [-0.2, -0.15) is 9.94 Å². The number of imide groups is 1. The fourth-order valence-electron chi connectivity index (χ4n) is 9.54. The first-order valence-corrected chi connectivity index (χ1v) is 20.5. The third kappa shape index (κ3) is 7.71. The second kappa shape index (κ2) is 15.7. The van der Waals surface area contributed by atoms with Gasteiger partial charge in [0.25, 0.3) is 17.4 Å². The number of ether oxygens (including phenoxy) is 1. The summed E-state index contributed by atoms with van der Waals surface area (Å²) in [5.41, 5.74) is 3.79. The SMILES string of the molecule is CC1(C)[C@H](NC(=O)c2ccc(N3CCN(C=C4CCN(c5ccc6nnn(C7CCC(=O)NC7=O)c(=O)c6c5)CC4)CC3)cc2)C(C)(C)[C@H]1Oc1ccc(C#N)c(Cl)c1. The third-order valence-electron chi connectivity index (χ3n) is 12.5. The second-order valence-electron chi connectivity index (χ2n) is 17.2. The number of amides is 3. The molecule has 59 heavy (non-hydrogen) atoms. The molecular weight excluding hydrogens is 770 g/mol. The molecule has 8 rings (SSSR count). The highest BCUT2D eigenvalue weighted by atomic mass is 35.5. The lowest BCUT2D eigenvalue weighted by atomic mass is 9.49. The molecule has 1 unspecified atom stereocenters. The maximum atomic E-state index is 13.5. The minimum atomic E-state index is -0.858. The second-order valence-corrected chi connectivity index (χ2v) is 17.6. The molecule has 15 heteroatoms. The topological polar surface area (TPSA) is 166 Å². The lowest BCUT2D eigenvalue weighted by Crippen LogP contribution is -2.74. The number of hydrogen-bond donors (Lipinski definition) is 2.